The molecular weight excluding hydrogens is 1110 g/mol. The Morgan fingerprint density at radius 2 is 0.500 bits per heavy atom. The maximum absolute atomic E-state index is 13.0. The van der Waals surface area contributed by atoms with Crippen LogP contribution in [0.4, 0.5) is 0 Å². The summed E-state index contributed by atoms with van der Waals surface area (Å²) in [5.41, 5.74) is 0. The van der Waals surface area contributed by atoms with Gasteiger partial charge in [0.1, 0.15) is 19.3 Å². The Morgan fingerprint density at radius 3 is 0.738 bits per heavy atom. The van der Waals surface area contributed by atoms with Crippen molar-refractivity contribution in [2.24, 2.45) is 23.7 Å². The molecule has 17 nitrogen and oxygen atoms in total. The third-order valence-corrected chi connectivity index (χ3v) is 16.7. The fourth-order valence-electron chi connectivity index (χ4n) is 9.61. The lowest BCUT2D eigenvalue weighted by molar-refractivity contribution is -0.161. The number of rotatable bonds is 62. The van der Waals surface area contributed by atoms with Crippen LogP contribution in [0.1, 0.15) is 312 Å². The smallest absolute Gasteiger partial charge is 0.462 e. The van der Waals surface area contributed by atoms with E-state index in [4.69, 9.17) is 37.0 Å². The molecule has 19 heteroatoms. The summed E-state index contributed by atoms with van der Waals surface area (Å²) in [5, 5.41) is 10.5. The Kier molecular flexibility index (Phi) is 53.9. The molecule has 0 bridgehead atoms. The molecule has 3 N–H and O–H groups in total. The first-order chi connectivity index (χ1) is 40.1. The van der Waals surface area contributed by atoms with Crippen LogP contribution in [0.2, 0.25) is 0 Å². The molecule has 0 aromatic heterocycles. The summed E-state index contributed by atoms with van der Waals surface area (Å²) in [7, 11) is -9.89. The van der Waals surface area contributed by atoms with Gasteiger partial charge in [-0.2, -0.15) is 0 Å². The van der Waals surface area contributed by atoms with E-state index in [0.717, 1.165) is 108 Å². The second-order valence-electron chi connectivity index (χ2n) is 25.4. The van der Waals surface area contributed by atoms with Crippen LogP contribution in [0.15, 0.2) is 0 Å². The molecule has 498 valence electrons. The molecule has 0 spiro atoms. The highest BCUT2D eigenvalue weighted by Crippen LogP contribution is 2.45. The van der Waals surface area contributed by atoms with Crippen molar-refractivity contribution in [1.29, 1.82) is 0 Å². The van der Waals surface area contributed by atoms with Gasteiger partial charge in [-0.3, -0.25) is 37.3 Å². The average molecular weight is 1240 g/mol. The van der Waals surface area contributed by atoms with Crippen LogP contribution in [0.25, 0.3) is 0 Å². The van der Waals surface area contributed by atoms with Gasteiger partial charge in [-0.05, 0) is 49.4 Å². The van der Waals surface area contributed by atoms with E-state index in [1.54, 1.807) is 0 Å². The van der Waals surface area contributed by atoms with Gasteiger partial charge in [-0.1, -0.05) is 261 Å². The number of unbranched alkanes of at least 4 members (excludes halogenated alkanes) is 28. The summed E-state index contributed by atoms with van der Waals surface area (Å²) in [4.78, 5) is 72.3. The van der Waals surface area contributed by atoms with Crippen LogP contribution in [0.3, 0.4) is 0 Å². The summed E-state index contributed by atoms with van der Waals surface area (Å²) < 4.78 is 68.0. The van der Waals surface area contributed by atoms with Crippen molar-refractivity contribution < 1.29 is 80.2 Å². The molecule has 0 amide bonds. The maximum atomic E-state index is 13.0. The molecule has 0 rings (SSSR count). The first-order valence-electron chi connectivity index (χ1n) is 33.7. The topological polar surface area (TPSA) is 237 Å². The van der Waals surface area contributed by atoms with Gasteiger partial charge in [0.15, 0.2) is 12.2 Å². The predicted molar refractivity (Wildman–Crippen MR) is 335 cm³/mol. The van der Waals surface area contributed by atoms with Gasteiger partial charge in [0.05, 0.1) is 26.4 Å². The van der Waals surface area contributed by atoms with Gasteiger partial charge in [-0.15, -0.1) is 0 Å². The van der Waals surface area contributed by atoms with E-state index >= 15 is 0 Å². The van der Waals surface area contributed by atoms with Gasteiger partial charge in [0, 0.05) is 25.7 Å². The van der Waals surface area contributed by atoms with Crippen LogP contribution < -0.4 is 0 Å². The molecule has 0 fully saturated rings. The molecule has 0 saturated heterocycles. The number of phosphoric ester groups is 2. The van der Waals surface area contributed by atoms with Crippen molar-refractivity contribution in [3.63, 3.8) is 0 Å². The average Bonchev–Trinajstić information content (AvgIpc) is 3.53. The largest absolute Gasteiger partial charge is 0.472 e. The summed E-state index contributed by atoms with van der Waals surface area (Å²) >= 11 is 0. The Hall–Kier alpha value is -1.94. The van der Waals surface area contributed by atoms with Gasteiger partial charge in [-0.25, -0.2) is 9.13 Å². The summed E-state index contributed by atoms with van der Waals surface area (Å²) in [5.74, 6) is 0.744. The Morgan fingerprint density at radius 1 is 0.298 bits per heavy atom. The number of hydrogen-bond acceptors (Lipinski definition) is 15. The second kappa shape index (κ2) is 55.2. The highest BCUT2D eigenvalue weighted by Gasteiger charge is 2.30. The van der Waals surface area contributed by atoms with E-state index in [2.05, 4.69) is 55.4 Å². The zero-order valence-corrected chi connectivity index (χ0v) is 56.3. The summed E-state index contributed by atoms with van der Waals surface area (Å²) in [6.07, 6.45) is 35.0. The first-order valence-corrected chi connectivity index (χ1v) is 36.7. The fraction of sp³-hybridized carbons (Fsp3) is 0.938. The SMILES string of the molecule is CC(C)CCCCCCCCCCCC(=O)OC[C@H](COP(=O)(O)OCC(O)COP(=O)(O)OC[C@@H](COC(=O)CCCCCCCCCCC(C)C)OC(=O)CCCCCCCCCCC(C)C)OC(=O)CCCCCCCCCC(C)C. The van der Waals surface area contributed by atoms with Crippen LogP contribution in [-0.2, 0) is 65.4 Å². The number of aliphatic hydroxyl groups excluding tert-OH is 1. The minimum Gasteiger partial charge on any atom is -0.462 e. The van der Waals surface area contributed by atoms with Crippen LogP contribution >= 0.6 is 15.6 Å². The Labute approximate surface area is 511 Å². The van der Waals surface area contributed by atoms with Crippen molar-refractivity contribution in [3.05, 3.63) is 0 Å². The molecular formula is C65H126O17P2. The third kappa shape index (κ3) is 59.0. The molecule has 0 radical (unpaired) electrons. The molecule has 0 aliphatic rings. The molecule has 0 aromatic rings. The number of aliphatic hydroxyl groups is 1. The van der Waals surface area contributed by atoms with Crippen molar-refractivity contribution in [1.82, 2.24) is 0 Å². The molecule has 0 aliphatic heterocycles. The Bertz CT molecular complexity index is 1680. The summed E-state index contributed by atoms with van der Waals surface area (Å²) in [6.45, 7) is 13.9. The van der Waals surface area contributed by atoms with Gasteiger partial charge >= 0.3 is 39.5 Å². The molecule has 3 unspecified atom stereocenters. The standard InChI is InChI=1S/C65H126O17P2/c1-55(2)41-33-25-17-10-9-11-21-29-37-45-62(67)75-52-61(82-65(70)48-40-32-24-16-20-28-36-44-58(7)8)54-80-84(73,74)78-50-59(66)49-77-83(71,72)79-53-60(81-64(69)47-39-31-23-15-13-19-27-35-43-57(5)6)51-76-63(68)46-38-30-22-14-12-18-26-34-42-56(3)4/h55-61,66H,9-54H2,1-8H3,(H,71,72)(H,73,74)/t59?,60-,61-/m1/s1. The molecule has 84 heavy (non-hydrogen) atoms. The zero-order valence-electron chi connectivity index (χ0n) is 54.5. The highest BCUT2D eigenvalue weighted by molar-refractivity contribution is 7.47. The number of hydrogen-bond donors (Lipinski definition) is 3. The summed E-state index contributed by atoms with van der Waals surface area (Å²) in [6, 6.07) is 0. The van der Waals surface area contributed by atoms with Crippen molar-refractivity contribution >= 4 is 39.5 Å². The normalized spacial score (nSPS) is 14.4. The number of esters is 4. The second-order valence-corrected chi connectivity index (χ2v) is 28.3. The van der Waals surface area contributed by atoms with Crippen LogP contribution in [0.5, 0.6) is 0 Å². The molecule has 0 aromatic carbocycles. The quantitative estimate of drug-likeness (QED) is 0.0222. The molecule has 5 atom stereocenters. The molecule has 0 heterocycles. The maximum Gasteiger partial charge on any atom is 0.472 e. The third-order valence-electron chi connectivity index (χ3n) is 14.8. The lowest BCUT2D eigenvalue weighted by Crippen LogP contribution is -2.30. The van der Waals surface area contributed by atoms with E-state index < -0.39 is 97.5 Å². The highest BCUT2D eigenvalue weighted by atomic mass is 31.2. The minimum absolute atomic E-state index is 0.102. The van der Waals surface area contributed by atoms with E-state index in [9.17, 15) is 43.2 Å². The van der Waals surface area contributed by atoms with Gasteiger partial charge < -0.3 is 33.8 Å². The van der Waals surface area contributed by atoms with E-state index in [1.165, 1.54) is 116 Å². The minimum atomic E-state index is -4.95. The van der Waals surface area contributed by atoms with Gasteiger partial charge in [0.25, 0.3) is 0 Å². The van der Waals surface area contributed by atoms with Crippen LogP contribution in [-0.4, -0.2) is 96.7 Å². The predicted octanol–water partition coefficient (Wildman–Crippen LogP) is 17.8. The van der Waals surface area contributed by atoms with Gasteiger partial charge in [0.2, 0.25) is 0 Å². The Balaban J connectivity index is 5.25. The van der Waals surface area contributed by atoms with E-state index in [0.29, 0.717) is 31.6 Å². The molecule has 0 aliphatic carbocycles. The first kappa shape index (κ1) is 82.1. The fourth-order valence-corrected chi connectivity index (χ4v) is 11.2. The lowest BCUT2D eigenvalue weighted by Gasteiger charge is -2.21. The lowest BCUT2D eigenvalue weighted by atomic mass is 10.0. The monoisotopic (exact) mass is 1240 g/mol. The molecule has 0 saturated carbocycles. The zero-order chi connectivity index (χ0) is 62.5. The number of phosphoric acid groups is 2. The number of carbonyl (C=O) groups is 4. The van der Waals surface area contributed by atoms with Crippen molar-refractivity contribution in [2.75, 3.05) is 39.6 Å². The van der Waals surface area contributed by atoms with E-state index in [1.807, 2.05) is 0 Å². The number of carbonyl (C=O) groups excluding carboxylic acids is 4. The van der Waals surface area contributed by atoms with Crippen LogP contribution in [0, 0.1) is 23.7 Å². The van der Waals surface area contributed by atoms with E-state index in [-0.39, 0.29) is 25.7 Å². The van der Waals surface area contributed by atoms with Crippen molar-refractivity contribution in [3.8, 4) is 0 Å². The van der Waals surface area contributed by atoms with Crippen molar-refractivity contribution in [2.45, 2.75) is 331 Å². The number of ether oxygens (including phenoxy) is 4.